The smallest absolute Gasteiger partial charge is 0.219 e. The molecule has 2 aliphatic heterocycles. The second-order valence-electron chi connectivity index (χ2n) is 6.47. The third kappa shape index (κ3) is 2.45. The van der Waals surface area contributed by atoms with Gasteiger partial charge in [-0.15, -0.1) is 10.2 Å². The van der Waals surface area contributed by atoms with Crippen molar-refractivity contribution in [2.24, 2.45) is 0 Å². The Balaban J connectivity index is 1.77. The van der Waals surface area contributed by atoms with Crippen molar-refractivity contribution >= 4 is 17.5 Å². The molecule has 1 fully saturated rings. The van der Waals surface area contributed by atoms with Crippen molar-refractivity contribution in [3.05, 3.63) is 34.4 Å². The predicted molar refractivity (Wildman–Crippen MR) is 89.7 cm³/mol. The van der Waals surface area contributed by atoms with Crippen molar-refractivity contribution in [2.45, 2.75) is 39.2 Å². The quantitative estimate of drug-likeness (QED) is 0.796. The number of hydrogen-bond acceptors (Lipinski definition) is 4. The van der Waals surface area contributed by atoms with Gasteiger partial charge in [-0.2, -0.15) is 0 Å². The summed E-state index contributed by atoms with van der Waals surface area (Å²) in [5, 5.41) is 9.42. The number of amides is 1. The van der Waals surface area contributed by atoms with Crippen molar-refractivity contribution in [1.82, 2.24) is 19.7 Å². The normalized spacial score (nSPS) is 19.5. The average molecular weight is 347 g/mol. The van der Waals surface area contributed by atoms with Crippen LogP contribution in [0, 0.1) is 6.92 Å². The number of aromatic nitrogens is 3. The molecular weight excluding hydrogens is 328 g/mol. The molecule has 1 saturated heterocycles. The molecule has 6 nitrogen and oxygen atoms in total. The molecule has 1 atom stereocenters. The maximum absolute atomic E-state index is 11.7. The van der Waals surface area contributed by atoms with E-state index < -0.39 is 0 Å². The van der Waals surface area contributed by atoms with Gasteiger partial charge in [-0.3, -0.25) is 9.36 Å². The van der Waals surface area contributed by atoms with Gasteiger partial charge >= 0.3 is 0 Å². The van der Waals surface area contributed by atoms with Gasteiger partial charge in [0.2, 0.25) is 5.91 Å². The summed E-state index contributed by atoms with van der Waals surface area (Å²) < 4.78 is 7.85. The van der Waals surface area contributed by atoms with E-state index in [9.17, 15) is 4.79 Å². The largest absolute Gasteiger partial charge is 0.483 e. The molecule has 1 amide bonds. The summed E-state index contributed by atoms with van der Waals surface area (Å²) in [6.45, 7) is 5.48. The van der Waals surface area contributed by atoms with Crippen LogP contribution in [-0.2, 0) is 11.4 Å². The lowest BCUT2D eigenvalue weighted by Crippen LogP contribution is -2.38. The van der Waals surface area contributed by atoms with Crippen LogP contribution in [0.4, 0.5) is 0 Å². The highest BCUT2D eigenvalue weighted by molar-refractivity contribution is 6.31. The summed E-state index contributed by atoms with van der Waals surface area (Å²) in [5.74, 6) is 2.75. The average Bonchev–Trinajstić information content (AvgIpc) is 3.00. The van der Waals surface area contributed by atoms with E-state index in [1.54, 1.807) is 6.92 Å². The second kappa shape index (κ2) is 5.77. The van der Waals surface area contributed by atoms with Crippen LogP contribution in [-0.4, -0.2) is 38.7 Å². The number of piperidine rings is 1. The lowest BCUT2D eigenvalue weighted by Gasteiger charge is -2.32. The maximum atomic E-state index is 11.7. The summed E-state index contributed by atoms with van der Waals surface area (Å²) in [6.07, 6.45) is 1.99. The number of nitrogens with zero attached hydrogens (tertiary/aromatic N) is 4. The minimum Gasteiger partial charge on any atom is -0.483 e. The lowest BCUT2D eigenvalue weighted by atomic mass is 9.96. The zero-order valence-electron chi connectivity index (χ0n) is 13.8. The molecule has 126 valence electrons. The fourth-order valence-electron chi connectivity index (χ4n) is 3.51. The number of fused-ring (bicyclic) bond motifs is 3. The summed E-state index contributed by atoms with van der Waals surface area (Å²) in [4.78, 5) is 13.6. The molecule has 0 spiro atoms. The number of aryl methyl sites for hydroxylation is 1. The Hall–Kier alpha value is -2.08. The van der Waals surface area contributed by atoms with E-state index in [2.05, 4.69) is 14.8 Å². The Kier molecular flexibility index (Phi) is 3.72. The number of carbonyl (C=O) groups excluding carboxylic acids is 1. The predicted octanol–water partition coefficient (Wildman–Crippen LogP) is 2.85. The summed E-state index contributed by atoms with van der Waals surface area (Å²) >= 11 is 6.22. The standard InChI is InChI=1S/C17H19ClN4O2/c1-10-6-14-15(7-13(10)18)24-9-16-19-20-17(22(14)16)12-4-3-5-21(8-12)11(2)23/h6-7,12H,3-5,8-9H2,1-2H3. The Labute approximate surface area is 145 Å². The molecule has 0 bridgehead atoms. The number of halogens is 1. The minimum absolute atomic E-state index is 0.115. The molecule has 4 rings (SSSR count). The molecule has 1 unspecified atom stereocenters. The van der Waals surface area contributed by atoms with Crippen molar-refractivity contribution in [2.75, 3.05) is 13.1 Å². The number of rotatable bonds is 1. The van der Waals surface area contributed by atoms with Gasteiger partial charge in [-0.05, 0) is 31.4 Å². The molecular formula is C17H19ClN4O2. The van der Waals surface area contributed by atoms with Crippen LogP contribution in [0.3, 0.4) is 0 Å². The zero-order chi connectivity index (χ0) is 16.8. The van der Waals surface area contributed by atoms with Gasteiger partial charge < -0.3 is 9.64 Å². The van der Waals surface area contributed by atoms with Crippen LogP contribution in [0.25, 0.3) is 5.69 Å². The first-order valence-corrected chi connectivity index (χ1v) is 8.55. The van der Waals surface area contributed by atoms with Crippen LogP contribution in [0.5, 0.6) is 5.75 Å². The number of ether oxygens (including phenoxy) is 1. The fourth-order valence-corrected chi connectivity index (χ4v) is 3.66. The summed E-state index contributed by atoms with van der Waals surface area (Å²) in [5.41, 5.74) is 1.92. The SMILES string of the molecule is CC(=O)N1CCCC(c2nnc3n2-c2cc(C)c(Cl)cc2OC3)C1. The Bertz CT molecular complexity index is 817. The third-order valence-electron chi connectivity index (χ3n) is 4.82. The molecule has 1 aromatic carbocycles. The van der Waals surface area contributed by atoms with E-state index in [1.165, 1.54) is 0 Å². The van der Waals surface area contributed by atoms with Gasteiger partial charge in [0, 0.05) is 37.0 Å². The highest BCUT2D eigenvalue weighted by atomic mass is 35.5. The highest BCUT2D eigenvalue weighted by Crippen LogP contribution is 2.37. The molecule has 0 N–H and O–H groups in total. The van der Waals surface area contributed by atoms with Crippen LogP contribution in [0.1, 0.15) is 42.9 Å². The van der Waals surface area contributed by atoms with Gasteiger partial charge in [-0.25, -0.2) is 0 Å². The van der Waals surface area contributed by atoms with Gasteiger partial charge in [-0.1, -0.05) is 11.6 Å². The molecule has 0 radical (unpaired) electrons. The molecule has 0 aliphatic carbocycles. The van der Waals surface area contributed by atoms with Gasteiger partial charge in [0.05, 0.1) is 5.69 Å². The monoisotopic (exact) mass is 346 g/mol. The number of carbonyl (C=O) groups is 1. The van der Waals surface area contributed by atoms with Gasteiger partial charge in [0.1, 0.15) is 18.2 Å². The first kappa shape index (κ1) is 15.4. The van der Waals surface area contributed by atoms with E-state index >= 15 is 0 Å². The molecule has 2 aromatic rings. The van der Waals surface area contributed by atoms with Crippen molar-refractivity contribution in [1.29, 1.82) is 0 Å². The molecule has 7 heteroatoms. The topological polar surface area (TPSA) is 60.2 Å². The van der Waals surface area contributed by atoms with Crippen molar-refractivity contribution in [3.63, 3.8) is 0 Å². The molecule has 24 heavy (non-hydrogen) atoms. The number of likely N-dealkylation sites (tertiary alicyclic amines) is 1. The van der Waals surface area contributed by atoms with E-state index in [-0.39, 0.29) is 11.8 Å². The van der Waals surface area contributed by atoms with Crippen LogP contribution < -0.4 is 4.74 Å². The van der Waals surface area contributed by atoms with Crippen LogP contribution in [0.15, 0.2) is 12.1 Å². The van der Waals surface area contributed by atoms with E-state index in [0.717, 1.165) is 48.0 Å². The summed E-state index contributed by atoms with van der Waals surface area (Å²) in [6, 6.07) is 3.86. The zero-order valence-corrected chi connectivity index (χ0v) is 14.5. The highest BCUT2D eigenvalue weighted by Gasteiger charge is 2.31. The number of benzene rings is 1. The van der Waals surface area contributed by atoms with Crippen molar-refractivity contribution in [3.8, 4) is 11.4 Å². The van der Waals surface area contributed by atoms with E-state index in [1.807, 2.05) is 24.0 Å². The lowest BCUT2D eigenvalue weighted by molar-refractivity contribution is -0.130. The third-order valence-corrected chi connectivity index (χ3v) is 5.23. The molecule has 0 saturated carbocycles. The first-order chi connectivity index (χ1) is 11.5. The molecule has 2 aliphatic rings. The number of hydrogen-bond donors (Lipinski definition) is 0. The van der Waals surface area contributed by atoms with Crippen molar-refractivity contribution < 1.29 is 9.53 Å². The fraction of sp³-hybridized carbons (Fsp3) is 0.471. The molecule has 3 heterocycles. The van der Waals surface area contributed by atoms with Crippen LogP contribution >= 0.6 is 11.6 Å². The maximum Gasteiger partial charge on any atom is 0.219 e. The van der Waals surface area contributed by atoms with Crippen LogP contribution in [0.2, 0.25) is 5.02 Å². The van der Waals surface area contributed by atoms with Gasteiger partial charge in [0.25, 0.3) is 0 Å². The van der Waals surface area contributed by atoms with Gasteiger partial charge in [0.15, 0.2) is 5.82 Å². The minimum atomic E-state index is 0.115. The van der Waals surface area contributed by atoms with E-state index in [4.69, 9.17) is 16.3 Å². The summed E-state index contributed by atoms with van der Waals surface area (Å²) in [7, 11) is 0. The second-order valence-corrected chi connectivity index (χ2v) is 6.88. The van der Waals surface area contributed by atoms with E-state index in [0.29, 0.717) is 18.2 Å². The Morgan fingerprint density at radius 2 is 2.21 bits per heavy atom. The first-order valence-electron chi connectivity index (χ1n) is 8.17. The molecule has 1 aromatic heterocycles. The Morgan fingerprint density at radius 1 is 1.38 bits per heavy atom. The Morgan fingerprint density at radius 3 is 3.00 bits per heavy atom.